The standard InChI is InChI=1S/C15H15BrN2O2/c1-11(13-5-3-2-4-6-13)17-10-12-7-14(16)9-15(8-12)18(19)20/h2-9,11,17H,10H2,1H3/t11-/m1/s1. The van der Waals surface area contributed by atoms with Crippen molar-refractivity contribution in [1.82, 2.24) is 5.32 Å². The van der Waals surface area contributed by atoms with Crippen molar-refractivity contribution in [2.24, 2.45) is 0 Å². The minimum atomic E-state index is -0.380. The van der Waals surface area contributed by atoms with Crippen LogP contribution in [0, 0.1) is 10.1 Å². The number of hydrogen-bond acceptors (Lipinski definition) is 3. The largest absolute Gasteiger partial charge is 0.306 e. The normalized spacial score (nSPS) is 12.1. The molecule has 1 atom stereocenters. The molecule has 2 rings (SSSR count). The molecule has 0 fully saturated rings. The molecule has 0 unspecified atom stereocenters. The topological polar surface area (TPSA) is 55.2 Å². The van der Waals surface area contributed by atoms with Crippen LogP contribution in [0.2, 0.25) is 0 Å². The second kappa shape index (κ2) is 6.63. The van der Waals surface area contributed by atoms with Crippen LogP contribution in [0.3, 0.4) is 0 Å². The monoisotopic (exact) mass is 334 g/mol. The van der Waals surface area contributed by atoms with Crippen LogP contribution >= 0.6 is 15.9 Å². The lowest BCUT2D eigenvalue weighted by Gasteiger charge is -2.14. The van der Waals surface area contributed by atoms with E-state index in [9.17, 15) is 10.1 Å². The highest BCUT2D eigenvalue weighted by Crippen LogP contribution is 2.22. The van der Waals surface area contributed by atoms with E-state index in [4.69, 9.17) is 0 Å². The summed E-state index contributed by atoms with van der Waals surface area (Å²) < 4.78 is 0.718. The van der Waals surface area contributed by atoms with Gasteiger partial charge in [-0.05, 0) is 24.1 Å². The Labute approximate surface area is 126 Å². The van der Waals surface area contributed by atoms with E-state index < -0.39 is 0 Å². The Hall–Kier alpha value is -1.72. The highest BCUT2D eigenvalue weighted by atomic mass is 79.9. The third-order valence-electron chi connectivity index (χ3n) is 3.07. The maximum atomic E-state index is 10.8. The lowest BCUT2D eigenvalue weighted by molar-refractivity contribution is -0.385. The number of nitrogens with zero attached hydrogens (tertiary/aromatic N) is 1. The quantitative estimate of drug-likeness (QED) is 0.658. The zero-order chi connectivity index (χ0) is 14.5. The smallest absolute Gasteiger partial charge is 0.270 e. The molecule has 20 heavy (non-hydrogen) atoms. The van der Waals surface area contributed by atoms with Gasteiger partial charge in [0.25, 0.3) is 5.69 Å². The van der Waals surface area contributed by atoms with E-state index in [1.165, 1.54) is 11.6 Å². The first-order valence-electron chi connectivity index (χ1n) is 6.28. The van der Waals surface area contributed by atoms with Gasteiger partial charge in [0.05, 0.1) is 4.92 Å². The molecule has 0 saturated carbocycles. The van der Waals surface area contributed by atoms with Crippen molar-refractivity contribution in [2.45, 2.75) is 19.5 Å². The van der Waals surface area contributed by atoms with Gasteiger partial charge in [0.15, 0.2) is 0 Å². The summed E-state index contributed by atoms with van der Waals surface area (Å²) in [6.07, 6.45) is 0. The Morgan fingerprint density at radius 1 is 1.25 bits per heavy atom. The first-order chi connectivity index (χ1) is 9.56. The summed E-state index contributed by atoms with van der Waals surface area (Å²) in [5.41, 5.74) is 2.18. The van der Waals surface area contributed by atoms with Gasteiger partial charge in [-0.2, -0.15) is 0 Å². The average molecular weight is 335 g/mol. The molecule has 0 aliphatic rings. The SMILES string of the molecule is C[C@@H](NCc1cc(Br)cc([N+](=O)[O-])c1)c1ccccc1. The summed E-state index contributed by atoms with van der Waals surface area (Å²) in [6.45, 7) is 2.65. The van der Waals surface area contributed by atoms with Crippen molar-refractivity contribution in [3.63, 3.8) is 0 Å². The number of halogens is 1. The van der Waals surface area contributed by atoms with E-state index in [1.54, 1.807) is 6.07 Å². The van der Waals surface area contributed by atoms with Gasteiger partial charge >= 0.3 is 0 Å². The third-order valence-corrected chi connectivity index (χ3v) is 3.52. The maximum absolute atomic E-state index is 10.8. The van der Waals surface area contributed by atoms with Crippen LogP contribution in [0.4, 0.5) is 5.69 Å². The van der Waals surface area contributed by atoms with E-state index in [0.29, 0.717) is 6.54 Å². The molecule has 4 nitrogen and oxygen atoms in total. The van der Waals surface area contributed by atoms with Crippen LogP contribution in [-0.4, -0.2) is 4.92 Å². The van der Waals surface area contributed by atoms with Crippen molar-refractivity contribution in [3.8, 4) is 0 Å². The van der Waals surface area contributed by atoms with Gasteiger partial charge in [-0.25, -0.2) is 0 Å². The van der Waals surface area contributed by atoms with Crippen LogP contribution in [0.1, 0.15) is 24.1 Å². The molecule has 0 saturated heterocycles. The van der Waals surface area contributed by atoms with Crippen LogP contribution < -0.4 is 5.32 Å². The van der Waals surface area contributed by atoms with Crippen molar-refractivity contribution >= 4 is 21.6 Å². The van der Waals surface area contributed by atoms with Crippen molar-refractivity contribution in [3.05, 3.63) is 74.2 Å². The second-order valence-electron chi connectivity index (χ2n) is 4.59. The Morgan fingerprint density at radius 3 is 2.60 bits per heavy atom. The molecule has 0 spiro atoms. The highest BCUT2D eigenvalue weighted by molar-refractivity contribution is 9.10. The minimum absolute atomic E-state index is 0.100. The number of benzene rings is 2. The molecule has 2 aromatic carbocycles. The van der Waals surface area contributed by atoms with Gasteiger partial charge in [0, 0.05) is 29.2 Å². The summed E-state index contributed by atoms with van der Waals surface area (Å²) in [5, 5.41) is 14.2. The molecule has 0 aromatic heterocycles. The van der Waals surface area contributed by atoms with Crippen molar-refractivity contribution < 1.29 is 4.92 Å². The minimum Gasteiger partial charge on any atom is -0.306 e. The number of nitrogens with one attached hydrogen (secondary N) is 1. The molecule has 0 bridgehead atoms. The zero-order valence-electron chi connectivity index (χ0n) is 11.0. The Kier molecular flexibility index (Phi) is 4.87. The van der Waals surface area contributed by atoms with E-state index in [2.05, 4.69) is 40.3 Å². The first-order valence-corrected chi connectivity index (χ1v) is 7.08. The molecule has 0 amide bonds. The molecule has 2 aromatic rings. The Bertz CT molecular complexity index is 602. The van der Waals surface area contributed by atoms with Gasteiger partial charge < -0.3 is 5.32 Å². The zero-order valence-corrected chi connectivity index (χ0v) is 12.6. The van der Waals surface area contributed by atoms with Crippen molar-refractivity contribution in [2.75, 3.05) is 0 Å². The molecule has 0 aliphatic heterocycles. The van der Waals surface area contributed by atoms with E-state index in [1.807, 2.05) is 24.3 Å². The highest BCUT2D eigenvalue weighted by Gasteiger charge is 2.10. The summed E-state index contributed by atoms with van der Waals surface area (Å²) in [5.74, 6) is 0. The third kappa shape index (κ3) is 3.88. The van der Waals surface area contributed by atoms with E-state index >= 15 is 0 Å². The predicted molar refractivity (Wildman–Crippen MR) is 82.5 cm³/mol. The molecule has 1 N–H and O–H groups in total. The molecule has 104 valence electrons. The molecular weight excluding hydrogens is 320 g/mol. The summed E-state index contributed by atoms with van der Waals surface area (Å²) in [7, 11) is 0. The van der Waals surface area contributed by atoms with Crippen molar-refractivity contribution in [1.29, 1.82) is 0 Å². The second-order valence-corrected chi connectivity index (χ2v) is 5.50. The average Bonchev–Trinajstić information content (AvgIpc) is 2.45. The van der Waals surface area contributed by atoms with Crippen LogP contribution in [0.25, 0.3) is 0 Å². The summed E-state index contributed by atoms with van der Waals surface area (Å²) in [6, 6.07) is 15.3. The molecule has 0 radical (unpaired) electrons. The van der Waals surface area contributed by atoms with E-state index in [0.717, 1.165) is 10.0 Å². The van der Waals surface area contributed by atoms with Gasteiger partial charge in [-0.15, -0.1) is 0 Å². The lowest BCUT2D eigenvalue weighted by Crippen LogP contribution is -2.18. The Balaban J connectivity index is 2.06. The fourth-order valence-electron chi connectivity index (χ4n) is 1.97. The summed E-state index contributed by atoms with van der Waals surface area (Å²) in [4.78, 5) is 10.4. The van der Waals surface area contributed by atoms with Gasteiger partial charge in [-0.3, -0.25) is 10.1 Å². The number of nitro benzene ring substituents is 1. The summed E-state index contributed by atoms with van der Waals surface area (Å²) >= 11 is 3.30. The maximum Gasteiger partial charge on any atom is 0.270 e. The predicted octanol–water partition coefficient (Wildman–Crippen LogP) is 4.21. The van der Waals surface area contributed by atoms with Crippen LogP contribution in [-0.2, 0) is 6.54 Å². The first kappa shape index (κ1) is 14.7. The number of non-ortho nitro benzene ring substituents is 1. The number of nitro groups is 1. The molecule has 0 heterocycles. The van der Waals surface area contributed by atoms with Gasteiger partial charge in [0.2, 0.25) is 0 Å². The molecule has 5 heteroatoms. The van der Waals surface area contributed by atoms with Gasteiger partial charge in [0.1, 0.15) is 0 Å². The van der Waals surface area contributed by atoms with E-state index in [-0.39, 0.29) is 16.7 Å². The van der Waals surface area contributed by atoms with Crippen LogP contribution in [0.15, 0.2) is 53.0 Å². The number of hydrogen-bond donors (Lipinski definition) is 1. The molecular formula is C15H15BrN2O2. The lowest BCUT2D eigenvalue weighted by atomic mass is 10.1. The fraction of sp³-hybridized carbons (Fsp3) is 0.200. The Morgan fingerprint density at radius 2 is 1.95 bits per heavy atom. The number of rotatable bonds is 5. The van der Waals surface area contributed by atoms with Crippen LogP contribution in [0.5, 0.6) is 0 Å². The molecule has 0 aliphatic carbocycles. The fourth-order valence-corrected chi connectivity index (χ4v) is 2.50. The van der Waals surface area contributed by atoms with Gasteiger partial charge in [-0.1, -0.05) is 46.3 Å².